The molecule has 0 aromatic heterocycles. The predicted molar refractivity (Wildman–Crippen MR) is 104 cm³/mol. The molecule has 1 fully saturated rings. The van der Waals surface area contributed by atoms with Crippen LogP contribution in [0.2, 0.25) is 0 Å². The zero-order valence-corrected chi connectivity index (χ0v) is 16.3. The van der Waals surface area contributed by atoms with E-state index in [-0.39, 0.29) is 12.0 Å². The van der Waals surface area contributed by atoms with Crippen molar-refractivity contribution in [3.05, 3.63) is 65.5 Å². The van der Waals surface area contributed by atoms with E-state index in [1.807, 2.05) is 6.07 Å². The molecule has 0 bridgehead atoms. The van der Waals surface area contributed by atoms with Crippen LogP contribution < -0.4 is 4.90 Å². The molecule has 2 aromatic carbocycles. The van der Waals surface area contributed by atoms with Gasteiger partial charge >= 0.3 is 0 Å². The lowest BCUT2D eigenvalue weighted by molar-refractivity contribution is -0.123. The highest BCUT2D eigenvalue weighted by Crippen LogP contribution is 2.31. The van der Waals surface area contributed by atoms with E-state index >= 15 is 0 Å². The summed E-state index contributed by atoms with van der Waals surface area (Å²) in [4.78, 5) is 41.2. The fourth-order valence-corrected chi connectivity index (χ4v) is 3.45. The van der Waals surface area contributed by atoms with Crippen LogP contribution in [-0.4, -0.2) is 34.2 Å². The van der Waals surface area contributed by atoms with Crippen molar-refractivity contribution >= 4 is 23.4 Å². The molecule has 6 nitrogen and oxygen atoms in total. The molecule has 1 aliphatic rings. The number of carbonyl (C=O) groups excluding carboxylic acids is 3. The second kappa shape index (κ2) is 7.47. The van der Waals surface area contributed by atoms with Gasteiger partial charge in [-0.25, -0.2) is 9.29 Å². The van der Waals surface area contributed by atoms with Gasteiger partial charge in [0, 0.05) is 5.54 Å². The number of anilines is 1. The Morgan fingerprint density at radius 2 is 1.76 bits per heavy atom. The molecule has 3 rings (SSSR count). The first kappa shape index (κ1) is 20.2. The first-order chi connectivity index (χ1) is 13.6. The highest BCUT2D eigenvalue weighted by atomic mass is 19.1. The van der Waals surface area contributed by atoms with Crippen molar-refractivity contribution in [2.45, 2.75) is 38.8 Å². The molecule has 0 aliphatic carbocycles. The van der Waals surface area contributed by atoms with Crippen molar-refractivity contribution in [1.29, 1.82) is 5.26 Å². The Labute approximate surface area is 168 Å². The topological polar surface area (TPSA) is 81.5 Å². The SMILES string of the molecule is CC(C)(C)N(C(=O)c1ccccc1F)C1CC(=O)N(c2ccc(C#N)cc2)C1=O. The number of carbonyl (C=O) groups is 3. The molecule has 29 heavy (non-hydrogen) atoms. The number of nitrogens with zero attached hydrogens (tertiary/aromatic N) is 3. The molecule has 1 saturated heterocycles. The average molecular weight is 393 g/mol. The zero-order valence-electron chi connectivity index (χ0n) is 16.3. The van der Waals surface area contributed by atoms with Gasteiger partial charge in [0.2, 0.25) is 5.91 Å². The molecule has 0 N–H and O–H groups in total. The summed E-state index contributed by atoms with van der Waals surface area (Å²) in [6.45, 7) is 5.19. The number of hydrogen-bond acceptors (Lipinski definition) is 4. The van der Waals surface area contributed by atoms with Crippen LogP contribution >= 0.6 is 0 Å². The van der Waals surface area contributed by atoms with Gasteiger partial charge in [0.05, 0.1) is 29.3 Å². The summed E-state index contributed by atoms with van der Waals surface area (Å²) >= 11 is 0. The third kappa shape index (κ3) is 3.74. The maximum absolute atomic E-state index is 14.2. The largest absolute Gasteiger partial charge is 0.321 e. The molecule has 1 aliphatic heterocycles. The lowest BCUT2D eigenvalue weighted by Gasteiger charge is -2.39. The number of benzene rings is 2. The van der Waals surface area contributed by atoms with E-state index in [0.717, 1.165) is 4.90 Å². The quantitative estimate of drug-likeness (QED) is 0.750. The average Bonchev–Trinajstić information content (AvgIpc) is 2.95. The van der Waals surface area contributed by atoms with Crippen molar-refractivity contribution in [3.63, 3.8) is 0 Å². The first-order valence-electron chi connectivity index (χ1n) is 9.10. The lowest BCUT2D eigenvalue weighted by atomic mass is 9.99. The summed E-state index contributed by atoms with van der Waals surface area (Å²) in [6, 6.07) is 12.5. The zero-order chi connectivity index (χ0) is 21.3. The Bertz CT molecular complexity index is 1020. The Morgan fingerprint density at radius 1 is 1.14 bits per heavy atom. The van der Waals surface area contributed by atoms with E-state index in [4.69, 9.17) is 5.26 Å². The fourth-order valence-electron chi connectivity index (χ4n) is 3.45. The highest BCUT2D eigenvalue weighted by Gasteiger charge is 2.48. The van der Waals surface area contributed by atoms with Gasteiger partial charge in [0.15, 0.2) is 0 Å². The molecule has 148 valence electrons. The van der Waals surface area contributed by atoms with Crippen LogP contribution in [0.3, 0.4) is 0 Å². The Morgan fingerprint density at radius 3 is 2.31 bits per heavy atom. The summed E-state index contributed by atoms with van der Waals surface area (Å²) in [6.07, 6.45) is -0.198. The summed E-state index contributed by atoms with van der Waals surface area (Å²) < 4.78 is 14.2. The fraction of sp³-hybridized carbons (Fsp3) is 0.273. The van der Waals surface area contributed by atoms with Crippen LogP contribution in [0.1, 0.15) is 43.1 Å². The standard InChI is InChI=1S/C22H20FN3O3/c1-22(2,3)26(20(28)16-6-4-5-7-17(16)23)18-12-19(27)25(21(18)29)15-10-8-14(13-24)9-11-15/h4-11,18H,12H2,1-3H3. The summed E-state index contributed by atoms with van der Waals surface area (Å²) in [5.74, 6) is -2.35. The molecule has 0 radical (unpaired) electrons. The molecular formula is C22H20FN3O3. The molecule has 1 atom stereocenters. The van der Waals surface area contributed by atoms with Crippen LogP contribution in [0, 0.1) is 17.1 Å². The van der Waals surface area contributed by atoms with Crippen molar-refractivity contribution in [2.75, 3.05) is 4.90 Å². The van der Waals surface area contributed by atoms with Gasteiger partial charge in [-0.2, -0.15) is 5.26 Å². The Balaban J connectivity index is 1.98. The van der Waals surface area contributed by atoms with Crippen molar-refractivity contribution in [1.82, 2.24) is 4.90 Å². The predicted octanol–water partition coefficient (Wildman–Crippen LogP) is 3.27. The minimum atomic E-state index is -1.05. The van der Waals surface area contributed by atoms with E-state index in [2.05, 4.69) is 0 Å². The number of rotatable bonds is 3. The monoisotopic (exact) mass is 393 g/mol. The smallest absolute Gasteiger partial charge is 0.257 e. The molecule has 0 saturated carbocycles. The van der Waals surface area contributed by atoms with Crippen molar-refractivity contribution in [2.24, 2.45) is 0 Å². The summed E-state index contributed by atoms with van der Waals surface area (Å²) in [7, 11) is 0. The van der Waals surface area contributed by atoms with Crippen LogP contribution in [0.4, 0.5) is 10.1 Å². The van der Waals surface area contributed by atoms with Gasteiger partial charge in [-0.3, -0.25) is 14.4 Å². The van der Waals surface area contributed by atoms with Gasteiger partial charge in [-0.15, -0.1) is 0 Å². The second-order valence-electron chi connectivity index (χ2n) is 7.77. The van der Waals surface area contributed by atoms with Crippen molar-refractivity contribution < 1.29 is 18.8 Å². The molecule has 1 unspecified atom stereocenters. The van der Waals surface area contributed by atoms with Crippen LogP contribution in [0.5, 0.6) is 0 Å². The molecule has 0 spiro atoms. The van der Waals surface area contributed by atoms with E-state index in [1.54, 1.807) is 26.8 Å². The summed E-state index contributed by atoms with van der Waals surface area (Å²) in [5.41, 5.74) is -0.260. The highest BCUT2D eigenvalue weighted by molar-refractivity contribution is 6.23. The molecule has 3 amide bonds. The van der Waals surface area contributed by atoms with Gasteiger partial charge < -0.3 is 4.90 Å². The minimum absolute atomic E-state index is 0.153. The Hall–Kier alpha value is -3.53. The number of nitriles is 1. The van der Waals surface area contributed by atoms with Gasteiger partial charge in [0.25, 0.3) is 11.8 Å². The van der Waals surface area contributed by atoms with E-state index in [9.17, 15) is 18.8 Å². The maximum Gasteiger partial charge on any atom is 0.257 e. The third-order valence-electron chi connectivity index (χ3n) is 4.73. The van der Waals surface area contributed by atoms with Crippen molar-refractivity contribution in [3.8, 4) is 6.07 Å². The summed E-state index contributed by atoms with van der Waals surface area (Å²) in [5, 5.41) is 8.92. The normalized spacial score (nSPS) is 16.7. The van der Waals surface area contributed by atoms with Gasteiger partial charge in [-0.05, 0) is 57.2 Å². The maximum atomic E-state index is 14.2. The van der Waals surface area contributed by atoms with Crippen LogP contribution in [0.25, 0.3) is 0 Å². The number of imide groups is 1. The van der Waals surface area contributed by atoms with E-state index in [0.29, 0.717) is 11.3 Å². The second-order valence-corrected chi connectivity index (χ2v) is 7.77. The number of halogens is 1. The molecule has 2 aromatic rings. The molecule has 7 heteroatoms. The lowest BCUT2D eigenvalue weighted by Crippen LogP contribution is -2.54. The molecular weight excluding hydrogens is 373 g/mol. The number of hydrogen-bond donors (Lipinski definition) is 0. The van der Waals surface area contributed by atoms with Crippen LogP contribution in [-0.2, 0) is 9.59 Å². The minimum Gasteiger partial charge on any atom is -0.321 e. The van der Waals surface area contributed by atoms with E-state index < -0.39 is 35.1 Å². The third-order valence-corrected chi connectivity index (χ3v) is 4.73. The van der Waals surface area contributed by atoms with E-state index in [1.165, 1.54) is 47.4 Å². The Kier molecular flexibility index (Phi) is 5.21. The first-order valence-corrected chi connectivity index (χ1v) is 9.10. The van der Waals surface area contributed by atoms with Gasteiger partial charge in [0.1, 0.15) is 11.9 Å². The number of amides is 3. The molecule has 1 heterocycles. The van der Waals surface area contributed by atoms with Crippen LogP contribution in [0.15, 0.2) is 48.5 Å². The van der Waals surface area contributed by atoms with Gasteiger partial charge in [-0.1, -0.05) is 12.1 Å².